The lowest BCUT2D eigenvalue weighted by Crippen LogP contribution is -2.41. The molecule has 2 unspecified atom stereocenters. The molecule has 4 nitrogen and oxygen atoms in total. The van der Waals surface area contributed by atoms with Crippen molar-refractivity contribution in [1.29, 1.82) is 0 Å². The number of ether oxygens (including phenoxy) is 1. The number of benzene rings is 2. The van der Waals surface area contributed by atoms with Crippen molar-refractivity contribution in [3.63, 3.8) is 0 Å². The van der Waals surface area contributed by atoms with Crippen molar-refractivity contribution in [2.24, 2.45) is 0 Å². The highest BCUT2D eigenvalue weighted by molar-refractivity contribution is 6.01. The number of esters is 1. The molecule has 144 valence electrons. The molecule has 4 heteroatoms. The number of nitrogens with zero attached hydrogens (tertiary/aromatic N) is 1. The standard InChI is InChI=1S/C24H25NO3/c1-4-22(24(27)28-3)25-14-17-12-11-16(13-21(17)23(25)26)19-9-6-8-18-15(2)7-5-10-20(18)19/h5-6,8-13,15,22H,4,7,14H2,1-3H3. The van der Waals surface area contributed by atoms with E-state index in [9.17, 15) is 9.59 Å². The molecule has 1 amide bonds. The third-order valence-electron chi connectivity index (χ3n) is 5.93. The van der Waals surface area contributed by atoms with Crippen LogP contribution >= 0.6 is 0 Å². The van der Waals surface area contributed by atoms with Crippen molar-refractivity contribution in [3.8, 4) is 11.1 Å². The third-order valence-corrected chi connectivity index (χ3v) is 5.93. The monoisotopic (exact) mass is 375 g/mol. The van der Waals surface area contributed by atoms with E-state index in [0.29, 0.717) is 24.4 Å². The fraction of sp³-hybridized carbons (Fsp3) is 0.333. The SMILES string of the molecule is CCC(C(=O)OC)N1Cc2ccc(-c3cccc4c3C=CCC4C)cc2C1=O. The summed E-state index contributed by atoms with van der Waals surface area (Å²) in [7, 11) is 1.36. The highest BCUT2D eigenvalue weighted by atomic mass is 16.5. The first-order valence-corrected chi connectivity index (χ1v) is 9.86. The molecule has 2 aromatic rings. The minimum atomic E-state index is -0.540. The average Bonchev–Trinajstić information content (AvgIpc) is 3.04. The van der Waals surface area contributed by atoms with E-state index in [4.69, 9.17) is 4.74 Å². The van der Waals surface area contributed by atoms with Crippen molar-refractivity contribution >= 4 is 18.0 Å². The normalized spacial score (nSPS) is 18.6. The Morgan fingerprint density at radius 1 is 1.25 bits per heavy atom. The predicted molar refractivity (Wildman–Crippen MR) is 110 cm³/mol. The minimum Gasteiger partial charge on any atom is -0.467 e. The summed E-state index contributed by atoms with van der Waals surface area (Å²) in [6, 6.07) is 11.9. The average molecular weight is 375 g/mol. The summed E-state index contributed by atoms with van der Waals surface area (Å²) in [6.45, 7) is 4.59. The van der Waals surface area contributed by atoms with Crippen LogP contribution in [0, 0.1) is 0 Å². The number of methoxy groups -OCH3 is 1. The number of hydrogen-bond acceptors (Lipinski definition) is 3. The number of amides is 1. The van der Waals surface area contributed by atoms with E-state index in [1.165, 1.54) is 18.2 Å². The molecular formula is C24H25NO3. The van der Waals surface area contributed by atoms with Crippen LogP contribution in [0.25, 0.3) is 17.2 Å². The molecule has 0 fully saturated rings. The lowest BCUT2D eigenvalue weighted by molar-refractivity contribution is -0.146. The van der Waals surface area contributed by atoms with Crippen LogP contribution in [0.3, 0.4) is 0 Å². The zero-order chi connectivity index (χ0) is 19.8. The van der Waals surface area contributed by atoms with Crippen molar-refractivity contribution in [2.45, 2.75) is 45.2 Å². The molecule has 0 saturated heterocycles. The van der Waals surface area contributed by atoms with Gasteiger partial charge in [0.05, 0.1) is 7.11 Å². The Kier molecular flexibility index (Phi) is 4.80. The van der Waals surface area contributed by atoms with Gasteiger partial charge in [0, 0.05) is 12.1 Å². The first-order chi connectivity index (χ1) is 13.5. The molecule has 0 spiro atoms. The molecule has 2 aliphatic rings. The zero-order valence-corrected chi connectivity index (χ0v) is 16.6. The third kappa shape index (κ3) is 2.93. The van der Waals surface area contributed by atoms with E-state index >= 15 is 0 Å². The molecule has 2 aromatic carbocycles. The number of rotatable bonds is 4. The minimum absolute atomic E-state index is 0.0946. The summed E-state index contributed by atoms with van der Waals surface area (Å²) in [5, 5.41) is 0. The van der Waals surface area contributed by atoms with E-state index in [1.807, 2.05) is 19.1 Å². The Bertz CT molecular complexity index is 976. The quantitative estimate of drug-likeness (QED) is 0.723. The first-order valence-electron chi connectivity index (χ1n) is 9.86. The number of allylic oxidation sites excluding steroid dienone is 1. The number of fused-ring (bicyclic) bond motifs is 2. The lowest BCUT2D eigenvalue weighted by Gasteiger charge is -2.24. The maximum Gasteiger partial charge on any atom is 0.328 e. The number of carbonyl (C=O) groups is 2. The smallest absolute Gasteiger partial charge is 0.328 e. The van der Waals surface area contributed by atoms with Gasteiger partial charge in [-0.3, -0.25) is 4.79 Å². The predicted octanol–water partition coefficient (Wildman–Crippen LogP) is 4.78. The fourth-order valence-electron chi connectivity index (χ4n) is 4.36. The number of carbonyl (C=O) groups excluding carboxylic acids is 2. The summed E-state index contributed by atoms with van der Waals surface area (Å²) < 4.78 is 4.89. The van der Waals surface area contributed by atoms with Gasteiger partial charge < -0.3 is 9.64 Å². The Balaban J connectivity index is 1.72. The van der Waals surface area contributed by atoms with E-state index in [0.717, 1.165) is 23.1 Å². The summed E-state index contributed by atoms with van der Waals surface area (Å²) >= 11 is 0. The summed E-state index contributed by atoms with van der Waals surface area (Å²) in [5.41, 5.74) is 6.43. The highest BCUT2D eigenvalue weighted by Gasteiger charge is 2.36. The Morgan fingerprint density at radius 3 is 2.82 bits per heavy atom. The van der Waals surface area contributed by atoms with Gasteiger partial charge in [0.15, 0.2) is 0 Å². The van der Waals surface area contributed by atoms with E-state index in [1.54, 1.807) is 4.90 Å². The Morgan fingerprint density at radius 2 is 2.07 bits per heavy atom. The lowest BCUT2D eigenvalue weighted by atomic mass is 9.84. The second kappa shape index (κ2) is 7.27. The molecule has 0 aromatic heterocycles. The van der Waals surface area contributed by atoms with Gasteiger partial charge >= 0.3 is 5.97 Å². The van der Waals surface area contributed by atoms with Crippen LogP contribution in [0.4, 0.5) is 0 Å². The molecule has 28 heavy (non-hydrogen) atoms. The molecule has 4 rings (SSSR count). The zero-order valence-electron chi connectivity index (χ0n) is 16.6. The molecule has 0 bridgehead atoms. The van der Waals surface area contributed by atoms with E-state index in [2.05, 4.69) is 43.3 Å². The maximum absolute atomic E-state index is 13.0. The second-order valence-corrected chi connectivity index (χ2v) is 7.60. The van der Waals surface area contributed by atoms with Gasteiger partial charge in [-0.05, 0) is 52.6 Å². The van der Waals surface area contributed by atoms with Gasteiger partial charge in [-0.1, -0.05) is 56.3 Å². The van der Waals surface area contributed by atoms with Gasteiger partial charge in [-0.15, -0.1) is 0 Å². The van der Waals surface area contributed by atoms with Crippen LogP contribution in [-0.4, -0.2) is 29.9 Å². The van der Waals surface area contributed by atoms with Crippen LogP contribution < -0.4 is 0 Å². The fourth-order valence-corrected chi connectivity index (χ4v) is 4.36. The second-order valence-electron chi connectivity index (χ2n) is 7.60. The number of hydrogen-bond donors (Lipinski definition) is 0. The van der Waals surface area contributed by atoms with Gasteiger partial charge in [0.2, 0.25) is 0 Å². The van der Waals surface area contributed by atoms with Gasteiger partial charge in [0.25, 0.3) is 5.91 Å². The molecule has 2 atom stereocenters. The molecular weight excluding hydrogens is 350 g/mol. The first kappa shape index (κ1) is 18.5. The summed E-state index contributed by atoms with van der Waals surface area (Å²) in [4.78, 5) is 26.8. The molecule has 0 saturated carbocycles. The van der Waals surface area contributed by atoms with Crippen molar-refractivity contribution < 1.29 is 14.3 Å². The van der Waals surface area contributed by atoms with Gasteiger partial charge in [-0.2, -0.15) is 0 Å². The van der Waals surface area contributed by atoms with Crippen LogP contribution in [0.5, 0.6) is 0 Å². The van der Waals surface area contributed by atoms with Crippen LogP contribution in [0.15, 0.2) is 42.5 Å². The molecule has 0 radical (unpaired) electrons. The van der Waals surface area contributed by atoms with E-state index < -0.39 is 6.04 Å². The topological polar surface area (TPSA) is 46.6 Å². The highest BCUT2D eigenvalue weighted by Crippen LogP contribution is 2.37. The van der Waals surface area contributed by atoms with Gasteiger partial charge in [0.1, 0.15) is 6.04 Å². The molecule has 0 N–H and O–H groups in total. The Labute approximate surface area is 165 Å². The molecule has 1 aliphatic heterocycles. The molecule has 1 heterocycles. The van der Waals surface area contributed by atoms with Crippen molar-refractivity contribution in [1.82, 2.24) is 4.90 Å². The van der Waals surface area contributed by atoms with Crippen LogP contribution in [0.1, 0.15) is 59.7 Å². The van der Waals surface area contributed by atoms with Crippen molar-refractivity contribution in [2.75, 3.05) is 7.11 Å². The maximum atomic E-state index is 13.0. The van der Waals surface area contributed by atoms with Crippen LogP contribution in [-0.2, 0) is 16.1 Å². The summed E-state index contributed by atoms with van der Waals surface area (Å²) in [5.74, 6) is 0.0415. The van der Waals surface area contributed by atoms with Crippen molar-refractivity contribution in [3.05, 3.63) is 64.7 Å². The largest absolute Gasteiger partial charge is 0.467 e. The van der Waals surface area contributed by atoms with Crippen LogP contribution in [0.2, 0.25) is 0 Å². The molecule has 1 aliphatic carbocycles. The summed E-state index contributed by atoms with van der Waals surface area (Å²) in [6.07, 6.45) is 6.00. The van der Waals surface area contributed by atoms with Gasteiger partial charge in [-0.25, -0.2) is 4.79 Å². The van der Waals surface area contributed by atoms with E-state index in [-0.39, 0.29) is 11.9 Å². The Hall–Kier alpha value is -2.88.